The highest BCUT2D eigenvalue weighted by molar-refractivity contribution is 5.73. The Morgan fingerprint density at radius 2 is 1.61 bits per heavy atom. The van der Waals surface area contributed by atoms with Crippen LogP contribution in [0.5, 0.6) is 0 Å². The van der Waals surface area contributed by atoms with Gasteiger partial charge in [0.15, 0.2) is 0 Å². The predicted octanol–water partition coefficient (Wildman–Crippen LogP) is 3.34. The van der Waals surface area contributed by atoms with Crippen molar-refractivity contribution in [1.82, 2.24) is 5.16 Å². The van der Waals surface area contributed by atoms with Gasteiger partial charge in [-0.2, -0.15) is 0 Å². The maximum atomic E-state index is 5.81. The Labute approximate surface area is 108 Å². The molecule has 1 aromatic carbocycles. The summed E-state index contributed by atoms with van der Waals surface area (Å²) in [7, 11) is 0. The van der Waals surface area contributed by atoms with Crippen LogP contribution in [0.3, 0.4) is 0 Å². The molecule has 0 atom stereocenters. The first-order valence-electron chi connectivity index (χ1n) is 6.20. The Morgan fingerprint density at radius 3 is 2.11 bits per heavy atom. The van der Waals surface area contributed by atoms with Gasteiger partial charge in [0.2, 0.25) is 0 Å². The molecule has 0 spiro atoms. The monoisotopic (exact) mass is 244 g/mol. The van der Waals surface area contributed by atoms with Gasteiger partial charge in [-0.25, -0.2) is 0 Å². The van der Waals surface area contributed by atoms with Gasteiger partial charge in [-0.3, -0.25) is 0 Å². The largest absolute Gasteiger partial charge is 0.361 e. The smallest absolute Gasteiger partial charge is 0.138 e. The Bertz CT molecular complexity index is 571. The standard InChI is InChI=1S/C15H20N2O/c1-8-6-9(2)11(4)14(10(8)3)15-13(7-16)12(5)18-17-15/h6H,7,16H2,1-5H3. The number of hydrogen-bond donors (Lipinski definition) is 1. The first kappa shape index (κ1) is 12.8. The van der Waals surface area contributed by atoms with E-state index in [1.165, 1.54) is 27.8 Å². The highest BCUT2D eigenvalue weighted by atomic mass is 16.5. The summed E-state index contributed by atoms with van der Waals surface area (Å²) in [5.74, 6) is 0.811. The molecule has 0 bridgehead atoms. The molecule has 96 valence electrons. The third kappa shape index (κ3) is 1.85. The SMILES string of the molecule is Cc1cc(C)c(C)c(-c2noc(C)c2CN)c1C. The Kier molecular flexibility index (Phi) is 3.26. The van der Waals surface area contributed by atoms with E-state index in [-0.39, 0.29) is 0 Å². The van der Waals surface area contributed by atoms with Crippen LogP contribution in [0.1, 0.15) is 33.6 Å². The average Bonchev–Trinajstić information content (AvgIpc) is 2.68. The summed E-state index contributed by atoms with van der Waals surface area (Å²) >= 11 is 0. The highest BCUT2D eigenvalue weighted by Gasteiger charge is 2.18. The fourth-order valence-electron chi connectivity index (χ4n) is 2.40. The van der Waals surface area contributed by atoms with Crippen molar-refractivity contribution in [2.24, 2.45) is 5.73 Å². The molecule has 0 aliphatic heterocycles. The number of benzene rings is 1. The van der Waals surface area contributed by atoms with Crippen LogP contribution in [0, 0.1) is 34.6 Å². The lowest BCUT2D eigenvalue weighted by molar-refractivity contribution is 0.398. The summed E-state index contributed by atoms with van der Waals surface area (Å²) in [6.45, 7) is 10.9. The second-order valence-corrected chi connectivity index (χ2v) is 4.91. The Morgan fingerprint density at radius 1 is 1.06 bits per heavy atom. The van der Waals surface area contributed by atoms with Crippen LogP contribution in [0.25, 0.3) is 11.3 Å². The summed E-state index contributed by atoms with van der Waals surface area (Å²) in [6.07, 6.45) is 0. The van der Waals surface area contributed by atoms with Crippen LogP contribution in [-0.2, 0) is 6.54 Å². The molecule has 0 radical (unpaired) electrons. The van der Waals surface area contributed by atoms with E-state index in [4.69, 9.17) is 10.3 Å². The lowest BCUT2D eigenvalue weighted by atomic mass is 9.90. The number of aryl methyl sites for hydroxylation is 3. The minimum atomic E-state index is 0.455. The van der Waals surface area contributed by atoms with Crippen LogP contribution in [0.2, 0.25) is 0 Å². The summed E-state index contributed by atoms with van der Waals surface area (Å²) in [6, 6.07) is 2.21. The molecule has 2 N–H and O–H groups in total. The van der Waals surface area contributed by atoms with Crippen LogP contribution < -0.4 is 5.73 Å². The van der Waals surface area contributed by atoms with E-state index in [1.54, 1.807) is 0 Å². The summed E-state index contributed by atoms with van der Waals surface area (Å²) in [5.41, 5.74) is 13.9. The number of aromatic nitrogens is 1. The zero-order valence-corrected chi connectivity index (χ0v) is 11.7. The second kappa shape index (κ2) is 4.58. The Balaban J connectivity index is 2.78. The van der Waals surface area contributed by atoms with Crippen LogP contribution in [0.15, 0.2) is 10.6 Å². The molecule has 3 heteroatoms. The third-order valence-corrected chi connectivity index (χ3v) is 3.79. The van der Waals surface area contributed by atoms with E-state index in [1.807, 2.05) is 6.92 Å². The molecule has 0 saturated carbocycles. The van der Waals surface area contributed by atoms with Gasteiger partial charge in [0.25, 0.3) is 0 Å². The van der Waals surface area contributed by atoms with Crippen LogP contribution in [-0.4, -0.2) is 5.16 Å². The van der Waals surface area contributed by atoms with Gasteiger partial charge in [-0.15, -0.1) is 0 Å². The first-order valence-corrected chi connectivity index (χ1v) is 6.20. The van der Waals surface area contributed by atoms with Crippen molar-refractivity contribution in [3.63, 3.8) is 0 Å². The minimum absolute atomic E-state index is 0.455. The van der Waals surface area contributed by atoms with Gasteiger partial charge < -0.3 is 10.3 Å². The topological polar surface area (TPSA) is 52.0 Å². The summed E-state index contributed by atoms with van der Waals surface area (Å²) in [5, 5.41) is 4.21. The molecule has 0 amide bonds. The molecule has 3 nitrogen and oxygen atoms in total. The van der Waals surface area contributed by atoms with Gasteiger partial charge in [0.05, 0.1) is 0 Å². The molecule has 0 saturated heterocycles. The molecule has 0 unspecified atom stereocenters. The molecule has 0 aliphatic carbocycles. The maximum absolute atomic E-state index is 5.81. The van der Waals surface area contributed by atoms with E-state index >= 15 is 0 Å². The van der Waals surface area contributed by atoms with E-state index < -0.39 is 0 Å². The van der Waals surface area contributed by atoms with Crippen molar-refractivity contribution in [2.75, 3.05) is 0 Å². The van der Waals surface area contributed by atoms with Crippen LogP contribution in [0.4, 0.5) is 0 Å². The minimum Gasteiger partial charge on any atom is -0.361 e. The van der Waals surface area contributed by atoms with Crippen molar-refractivity contribution in [2.45, 2.75) is 41.2 Å². The number of hydrogen-bond acceptors (Lipinski definition) is 3. The molecule has 2 rings (SSSR count). The van der Waals surface area contributed by atoms with Gasteiger partial charge in [-0.1, -0.05) is 11.2 Å². The van der Waals surface area contributed by atoms with Gasteiger partial charge in [0, 0.05) is 17.7 Å². The second-order valence-electron chi connectivity index (χ2n) is 4.91. The molecular formula is C15H20N2O. The molecule has 2 aromatic rings. The predicted molar refractivity (Wildman–Crippen MR) is 73.5 cm³/mol. The van der Waals surface area contributed by atoms with E-state index in [2.05, 4.69) is 38.9 Å². The lowest BCUT2D eigenvalue weighted by Crippen LogP contribution is -2.02. The summed E-state index contributed by atoms with van der Waals surface area (Å²) in [4.78, 5) is 0. The number of nitrogens with two attached hydrogens (primary N) is 1. The van der Waals surface area contributed by atoms with Gasteiger partial charge >= 0.3 is 0 Å². The highest BCUT2D eigenvalue weighted by Crippen LogP contribution is 2.33. The normalized spacial score (nSPS) is 11.0. The summed E-state index contributed by atoms with van der Waals surface area (Å²) < 4.78 is 5.30. The third-order valence-electron chi connectivity index (χ3n) is 3.79. The van der Waals surface area contributed by atoms with E-state index in [9.17, 15) is 0 Å². The van der Waals surface area contributed by atoms with Crippen molar-refractivity contribution in [1.29, 1.82) is 0 Å². The Hall–Kier alpha value is -1.61. The van der Waals surface area contributed by atoms with Crippen molar-refractivity contribution < 1.29 is 4.52 Å². The van der Waals surface area contributed by atoms with Crippen LogP contribution >= 0.6 is 0 Å². The van der Waals surface area contributed by atoms with E-state index in [0.717, 1.165) is 17.0 Å². The maximum Gasteiger partial charge on any atom is 0.138 e. The first-order chi connectivity index (χ1) is 8.47. The van der Waals surface area contributed by atoms with Gasteiger partial charge in [0.1, 0.15) is 11.5 Å². The zero-order valence-electron chi connectivity index (χ0n) is 11.7. The number of rotatable bonds is 2. The number of nitrogens with zero attached hydrogens (tertiary/aromatic N) is 1. The molecule has 1 aromatic heterocycles. The van der Waals surface area contributed by atoms with Crippen molar-refractivity contribution in [3.05, 3.63) is 39.6 Å². The van der Waals surface area contributed by atoms with Crippen molar-refractivity contribution >= 4 is 0 Å². The molecule has 1 heterocycles. The quantitative estimate of drug-likeness (QED) is 0.881. The van der Waals surface area contributed by atoms with Crippen molar-refractivity contribution in [3.8, 4) is 11.3 Å². The molecular weight excluding hydrogens is 224 g/mol. The fourth-order valence-corrected chi connectivity index (χ4v) is 2.40. The molecule has 0 fully saturated rings. The average molecular weight is 244 g/mol. The zero-order chi connectivity index (χ0) is 13.4. The van der Waals surface area contributed by atoms with E-state index in [0.29, 0.717) is 6.54 Å². The van der Waals surface area contributed by atoms with Gasteiger partial charge in [-0.05, 0) is 56.9 Å². The molecule has 0 aliphatic rings. The molecule has 18 heavy (non-hydrogen) atoms. The fraction of sp³-hybridized carbons (Fsp3) is 0.400. The lowest BCUT2D eigenvalue weighted by Gasteiger charge is -2.14.